The van der Waals surface area contributed by atoms with E-state index in [-0.39, 0.29) is 30.1 Å². The van der Waals surface area contributed by atoms with Gasteiger partial charge in [0, 0.05) is 18.6 Å². The van der Waals surface area contributed by atoms with Gasteiger partial charge in [-0.15, -0.1) is 0 Å². The molecule has 25 heavy (non-hydrogen) atoms. The number of benzene rings is 1. The summed E-state index contributed by atoms with van der Waals surface area (Å²) in [5, 5.41) is 11.8. The number of oxazole rings is 1. The number of hydrogen-bond donors (Lipinski definition) is 2. The molecule has 0 bridgehead atoms. The van der Waals surface area contributed by atoms with Crippen LogP contribution in [0.3, 0.4) is 0 Å². The highest BCUT2D eigenvalue weighted by Crippen LogP contribution is 2.25. The second-order valence-corrected chi connectivity index (χ2v) is 6.37. The van der Waals surface area contributed by atoms with Crippen LogP contribution < -0.4 is 5.32 Å². The van der Waals surface area contributed by atoms with Gasteiger partial charge in [-0.25, -0.2) is 14.2 Å². The first-order valence-electron chi connectivity index (χ1n) is 7.69. The smallest absolute Gasteiger partial charge is 0.407 e. The SMILES string of the molecule is CC(C)(C)N(CCNC(=O)c1ncoc1-c1ccccc1F)C(=O)O. The van der Waals surface area contributed by atoms with E-state index in [4.69, 9.17) is 4.42 Å². The largest absolute Gasteiger partial charge is 0.465 e. The molecule has 1 aromatic carbocycles. The van der Waals surface area contributed by atoms with Crippen molar-refractivity contribution in [2.45, 2.75) is 26.3 Å². The first-order chi connectivity index (χ1) is 11.7. The van der Waals surface area contributed by atoms with Crippen molar-refractivity contribution in [2.24, 2.45) is 0 Å². The molecule has 2 amide bonds. The van der Waals surface area contributed by atoms with E-state index in [1.54, 1.807) is 26.8 Å². The molecule has 0 radical (unpaired) electrons. The molecule has 2 rings (SSSR count). The Morgan fingerprint density at radius 2 is 2.00 bits per heavy atom. The van der Waals surface area contributed by atoms with Gasteiger partial charge in [-0.05, 0) is 32.9 Å². The summed E-state index contributed by atoms with van der Waals surface area (Å²) in [6.45, 7) is 5.48. The van der Waals surface area contributed by atoms with E-state index in [2.05, 4.69) is 10.3 Å². The van der Waals surface area contributed by atoms with Gasteiger partial charge in [0.2, 0.25) is 0 Å². The minimum atomic E-state index is -1.07. The minimum Gasteiger partial charge on any atom is -0.465 e. The fraction of sp³-hybridized carbons (Fsp3) is 0.353. The maximum atomic E-state index is 13.9. The van der Waals surface area contributed by atoms with Crippen LogP contribution in [0.25, 0.3) is 11.3 Å². The second kappa shape index (κ2) is 7.33. The number of nitrogens with one attached hydrogen (secondary N) is 1. The van der Waals surface area contributed by atoms with Crippen molar-refractivity contribution in [3.8, 4) is 11.3 Å². The standard InChI is InChI=1S/C17H20FN3O4/c1-17(2,3)21(16(23)24)9-8-19-15(22)13-14(25-10-20-13)11-6-4-5-7-12(11)18/h4-7,10H,8-9H2,1-3H3,(H,19,22)(H,23,24). The molecular formula is C17H20FN3O4. The zero-order valence-corrected chi connectivity index (χ0v) is 14.2. The lowest BCUT2D eigenvalue weighted by Gasteiger charge is -2.33. The summed E-state index contributed by atoms with van der Waals surface area (Å²) >= 11 is 0. The Bertz CT molecular complexity index is 767. The number of carbonyl (C=O) groups is 2. The maximum absolute atomic E-state index is 13.9. The average Bonchev–Trinajstić information content (AvgIpc) is 2.99. The number of hydrogen-bond acceptors (Lipinski definition) is 4. The number of nitrogens with zero attached hydrogens (tertiary/aromatic N) is 2. The Hall–Kier alpha value is -2.90. The molecule has 0 saturated heterocycles. The average molecular weight is 349 g/mol. The lowest BCUT2D eigenvalue weighted by Crippen LogP contribution is -2.48. The molecule has 8 heteroatoms. The van der Waals surface area contributed by atoms with Crippen molar-refractivity contribution >= 4 is 12.0 Å². The van der Waals surface area contributed by atoms with Gasteiger partial charge in [0.1, 0.15) is 5.82 Å². The highest BCUT2D eigenvalue weighted by Gasteiger charge is 2.26. The van der Waals surface area contributed by atoms with Crippen molar-refractivity contribution < 1.29 is 23.5 Å². The van der Waals surface area contributed by atoms with E-state index in [1.165, 1.54) is 23.1 Å². The summed E-state index contributed by atoms with van der Waals surface area (Å²) in [6.07, 6.45) is -0.00899. The molecule has 0 spiro atoms. The van der Waals surface area contributed by atoms with Gasteiger partial charge in [-0.3, -0.25) is 4.79 Å². The van der Waals surface area contributed by atoms with Gasteiger partial charge in [0.05, 0.1) is 5.56 Å². The van der Waals surface area contributed by atoms with Crippen LogP contribution in [-0.4, -0.2) is 45.6 Å². The molecule has 0 aliphatic heterocycles. The summed E-state index contributed by atoms with van der Waals surface area (Å²) in [5.74, 6) is -1.06. The molecule has 0 aliphatic rings. The van der Waals surface area contributed by atoms with Crippen LogP contribution in [-0.2, 0) is 0 Å². The Balaban J connectivity index is 2.07. The molecular weight excluding hydrogens is 329 g/mol. The maximum Gasteiger partial charge on any atom is 0.407 e. The summed E-state index contributed by atoms with van der Waals surface area (Å²) < 4.78 is 19.0. The molecule has 0 unspecified atom stereocenters. The number of amides is 2. The molecule has 0 atom stereocenters. The van der Waals surface area contributed by atoms with E-state index in [9.17, 15) is 19.1 Å². The van der Waals surface area contributed by atoms with Crippen molar-refractivity contribution in [3.05, 3.63) is 42.2 Å². The van der Waals surface area contributed by atoms with Crippen LogP contribution in [0.15, 0.2) is 35.1 Å². The molecule has 1 heterocycles. The van der Waals surface area contributed by atoms with Crippen molar-refractivity contribution in [1.82, 2.24) is 15.2 Å². The highest BCUT2D eigenvalue weighted by molar-refractivity contribution is 5.97. The third kappa shape index (κ3) is 4.34. The molecule has 0 saturated carbocycles. The number of carboxylic acid groups (broad SMARTS) is 1. The Kier molecular flexibility index (Phi) is 5.41. The third-order valence-electron chi connectivity index (χ3n) is 3.56. The number of aromatic nitrogens is 1. The Morgan fingerprint density at radius 1 is 1.32 bits per heavy atom. The molecule has 0 fully saturated rings. The highest BCUT2D eigenvalue weighted by atomic mass is 19.1. The number of carbonyl (C=O) groups excluding carboxylic acids is 1. The van der Waals surface area contributed by atoms with Crippen molar-refractivity contribution in [3.63, 3.8) is 0 Å². The normalized spacial score (nSPS) is 11.2. The van der Waals surface area contributed by atoms with Gasteiger partial charge in [-0.2, -0.15) is 0 Å². The molecule has 2 N–H and O–H groups in total. The minimum absolute atomic E-state index is 0.0292. The number of halogens is 1. The molecule has 7 nitrogen and oxygen atoms in total. The van der Waals surface area contributed by atoms with E-state index in [0.717, 1.165) is 6.39 Å². The zero-order chi connectivity index (χ0) is 18.6. The lowest BCUT2D eigenvalue weighted by molar-refractivity contribution is 0.0889. The van der Waals surface area contributed by atoms with Crippen LogP contribution in [0.5, 0.6) is 0 Å². The van der Waals surface area contributed by atoms with Crippen LogP contribution in [0, 0.1) is 5.82 Å². The first kappa shape index (κ1) is 18.4. The quantitative estimate of drug-likeness (QED) is 0.865. The lowest BCUT2D eigenvalue weighted by atomic mass is 10.1. The second-order valence-electron chi connectivity index (χ2n) is 6.37. The van der Waals surface area contributed by atoms with Crippen molar-refractivity contribution in [2.75, 3.05) is 13.1 Å². The molecule has 2 aromatic rings. The van der Waals surface area contributed by atoms with Crippen LogP contribution >= 0.6 is 0 Å². The summed E-state index contributed by atoms with van der Waals surface area (Å²) in [6, 6.07) is 5.89. The van der Waals surface area contributed by atoms with E-state index >= 15 is 0 Å². The van der Waals surface area contributed by atoms with E-state index < -0.39 is 23.4 Å². The molecule has 134 valence electrons. The van der Waals surface area contributed by atoms with Gasteiger partial charge in [-0.1, -0.05) is 12.1 Å². The first-order valence-corrected chi connectivity index (χ1v) is 7.69. The summed E-state index contributed by atoms with van der Waals surface area (Å²) in [5.41, 5.74) is -0.516. The Morgan fingerprint density at radius 3 is 2.60 bits per heavy atom. The zero-order valence-electron chi connectivity index (χ0n) is 14.2. The third-order valence-corrected chi connectivity index (χ3v) is 3.56. The fourth-order valence-corrected chi connectivity index (χ4v) is 2.33. The van der Waals surface area contributed by atoms with Crippen LogP contribution in [0.1, 0.15) is 31.3 Å². The van der Waals surface area contributed by atoms with Crippen molar-refractivity contribution in [1.29, 1.82) is 0 Å². The summed E-state index contributed by atoms with van der Waals surface area (Å²) in [4.78, 5) is 28.6. The fourth-order valence-electron chi connectivity index (χ4n) is 2.33. The van der Waals surface area contributed by atoms with Gasteiger partial charge in [0.15, 0.2) is 17.8 Å². The predicted octanol–water partition coefficient (Wildman–Crippen LogP) is 2.99. The van der Waals surface area contributed by atoms with E-state index in [0.29, 0.717) is 0 Å². The predicted molar refractivity (Wildman–Crippen MR) is 88.7 cm³/mol. The van der Waals surface area contributed by atoms with E-state index in [1.807, 2.05) is 0 Å². The monoisotopic (exact) mass is 349 g/mol. The molecule has 0 aliphatic carbocycles. The number of rotatable bonds is 5. The topological polar surface area (TPSA) is 95.7 Å². The van der Waals surface area contributed by atoms with Gasteiger partial charge >= 0.3 is 6.09 Å². The summed E-state index contributed by atoms with van der Waals surface area (Å²) in [7, 11) is 0. The van der Waals surface area contributed by atoms with Crippen LogP contribution in [0.2, 0.25) is 0 Å². The molecule has 1 aromatic heterocycles. The Labute approximate surface area is 144 Å². The van der Waals surface area contributed by atoms with Gasteiger partial charge < -0.3 is 19.7 Å². The van der Waals surface area contributed by atoms with Crippen LogP contribution in [0.4, 0.5) is 9.18 Å². The van der Waals surface area contributed by atoms with Gasteiger partial charge in [0.25, 0.3) is 5.91 Å².